The number of aromatic hydroxyl groups is 2. The summed E-state index contributed by atoms with van der Waals surface area (Å²) in [6.45, 7) is 3.51. The minimum Gasteiger partial charge on any atom is -0.508 e. The lowest BCUT2D eigenvalue weighted by Gasteiger charge is -2.30. The third-order valence-corrected chi connectivity index (χ3v) is 11.3. The first-order valence-electron chi connectivity index (χ1n) is 15.5. The summed E-state index contributed by atoms with van der Waals surface area (Å²) in [5.74, 6) is -1.18. The summed E-state index contributed by atoms with van der Waals surface area (Å²) >= 11 is 2.43. The highest BCUT2D eigenvalue weighted by molar-refractivity contribution is 7.89. The molecule has 5 aromatic rings. The van der Waals surface area contributed by atoms with E-state index in [2.05, 4.69) is 15.3 Å². The van der Waals surface area contributed by atoms with Crippen molar-refractivity contribution in [2.75, 3.05) is 25.0 Å². The molecule has 13 nitrogen and oxygen atoms in total. The maximum absolute atomic E-state index is 14.2. The quantitative estimate of drug-likeness (QED) is 0.121. The molecule has 0 aliphatic rings. The summed E-state index contributed by atoms with van der Waals surface area (Å²) in [4.78, 5) is 36.3. The number of phenols is 2. The van der Waals surface area contributed by atoms with Gasteiger partial charge in [0.2, 0.25) is 10.0 Å². The first-order valence-corrected chi connectivity index (χ1v) is 18.7. The monoisotopic (exact) mass is 739 g/mol. The molecule has 3 aromatic carbocycles. The summed E-state index contributed by atoms with van der Waals surface area (Å²) in [7, 11) is -2.68. The highest BCUT2D eigenvalue weighted by atomic mass is 32.2. The zero-order valence-corrected chi connectivity index (χ0v) is 29.9. The van der Waals surface area contributed by atoms with Gasteiger partial charge in [-0.3, -0.25) is 14.7 Å². The molecule has 264 valence electrons. The van der Waals surface area contributed by atoms with Crippen LogP contribution in [0.5, 0.6) is 11.5 Å². The number of amides is 2. The molecule has 0 saturated heterocycles. The molecule has 2 aromatic heterocycles. The number of ether oxygens (including phenoxy) is 1. The summed E-state index contributed by atoms with van der Waals surface area (Å²) in [6, 6.07) is 16.3. The second kappa shape index (κ2) is 15.9. The lowest BCUT2D eigenvalue weighted by Crippen LogP contribution is -2.51. The van der Waals surface area contributed by atoms with Crippen LogP contribution in [0.3, 0.4) is 0 Å². The predicted molar refractivity (Wildman–Crippen MR) is 191 cm³/mol. The Morgan fingerprint density at radius 3 is 2.38 bits per heavy atom. The molecule has 2 atom stereocenters. The Morgan fingerprint density at radius 1 is 1.00 bits per heavy atom. The molecule has 5 rings (SSSR count). The third kappa shape index (κ3) is 9.13. The van der Waals surface area contributed by atoms with E-state index in [0.29, 0.717) is 10.2 Å². The first kappa shape index (κ1) is 36.7. The van der Waals surface area contributed by atoms with Crippen LogP contribution < -0.4 is 10.2 Å². The van der Waals surface area contributed by atoms with E-state index in [-0.39, 0.29) is 59.1 Å². The molecule has 0 unspecified atom stereocenters. The van der Waals surface area contributed by atoms with Gasteiger partial charge in [0.05, 0.1) is 37.6 Å². The van der Waals surface area contributed by atoms with Crippen molar-refractivity contribution in [2.24, 2.45) is 5.92 Å². The van der Waals surface area contributed by atoms with Crippen LogP contribution in [0.4, 0.5) is 9.93 Å². The van der Waals surface area contributed by atoms with Crippen LogP contribution >= 0.6 is 22.7 Å². The zero-order valence-electron chi connectivity index (χ0n) is 27.5. The van der Waals surface area contributed by atoms with Crippen LogP contribution in [0.1, 0.15) is 34.6 Å². The number of carbonyl (C=O) groups excluding carboxylic acids is 2. The first-order chi connectivity index (χ1) is 23.8. The van der Waals surface area contributed by atoms with Crippen LogP contribution in [0.15, 0.2) is 83.3 Å². The number of thiazole rings is 2. The summed E-state index contributed by atoms with van der Waals surface area (Å²) < 4.78 is 35.4. The maximum atomic E-state index is 14.2. The van der Waals surface area contributed by atoms with Crippen LogP contribution in [-0.4, -0.2) is 82.3 Å². The Balaban J connectivity index is 1.37. The van der Waals surface area contributed by atoms with Gasteiger partial charge in [-0.2, -0.15) is 4.31 Å². The van der Waals surface area contributed by atoms with Gasteiger partial charge in [-0.25, -0.2) is 18.2 Å². The molecule has 2 heterocycles. The van der Waals surface area contributed by atoms with Crippen molar-refractivity contribution in [1.29, 1.82) is 0 Å². The van der Waals surface area contributed by atoms with E-state index >= 15 is 0 Å². The Morgan fingerprint density at radius 2 is 1.72 bits per heavy atom. The number of nitrogens with one attached hydrogen (secondary N) is 1. The van der Waals surface area contributed by atoms with Crippen LogP contribution in [0, 0.1) is 5.92 Å². The summed E-state index contributed by atoms with van der Waals surface area (Å²) in [5.41, 5.74) is 2.96. The topological polar surface area (TPSA) is 182 Å². The molecular weight excluding hydrogens is 703 g/mol. The number of aliphatic hydroxyl groups excluding tert-OH is 1. The Bertz CT molecular complexity index is 2020. The van der Waals surface area contributed by atoms with E-state index in [0.717, 1.165) is 27.8 Å². The number of hydrogen-bond acceptors (Lipinski definition) is 12. The standard InChI is InChI=1S/C34H37N5O8S3/c1-21(2)17-39(18-30(42)29(11-22-7-5-4-6-8-22)37-34(44)47-19-26-16-35-20-48-26)50(45,46)27-9-10-28-31(15-27)49-33(36-28)38(3)32(43)23-12-24(40)14-25(41)13-23/h4-10,12-16,20-21,29-30,40-42H,11,17-19H2,1-3H3,(H,37,44)/t29-,30+/m0/s1. The molecule has 0 aliphatic heterocycles. The van der Waals surface area contributed by atoms with E-state index in [9.17, 15) is 33.3 Å². The van der Waals surface area contributed by atoms with Gasteiger partial charge in [0, 0.05) is 38.0 Å². The van der Waals surface area contributed by atoms with Gasteiger partial charge in [0.25, 0.3) is 5.91 Å². The smallest absolute Gasteiger partial charge is 0.407 e. The number of sulfonamides is 1. The molecular formula is C34H37N5O8S3. The van der Waals surface area contributed by atoms with Crippen molar-refractivity contribution in [1.82, 2.24) is 19.6 Å². The number of nitrogens with zero attached hydrogens (tertiary/aromatic N) is 4. The molecule has 4 N–H and O–H groups in total. The Labute approximate surface area is 297 Å². The van der Waals surface area contributed by atoms with Crippen molar-refractivity contribution >= 4 is 60.0 Å². The van der Waals surface area contributed by atoms with Crippen molar-refractivity contribution in [3.63, 3.8) is 0 Å². The van der Waals surface area contributed by atoms with Gasteiger partial charge >= 0.3 is 6.09 Å². The molecule has 0 fully saturated rings. The molecule has 0 radical (unpaired) electrons. The number of alkyl carbamates (subject to hydrolysis) is 1. The van der Waals surface area contributed by atoms with Crippen LogP contribution in [-0.2, 0) is 27.8 Å². The Hall–Kier alpha value is -4.61. The fraction of sp³-hybridized carbons (Fsp3) is 0.294. The normalized spacial score (nSPS) is 13.0. The van der Waals surface area contributed by atoms with Crippen LogP contribution in [0.25, 0.3) is 10.2 Å². The highest BCUT2D eigenvalue weighted by Crippen LogP contribution is 2.32. The summed E-state index contributed by atoms with van der Waals surface area (Å²) in [6.07, 6.45) is -0.256. The SMILES string of the molecule is CC(C)CN(C[C@@H](O)[C@H](Cc1ccccc1)NC(=O)OCc1cncs1)S(=O)(=O)c1ccc2nc(N(C)C(=O)c3cc(O)cc(O)c3)sc2c1. The lowest BCUT2D eigenvalue weighted by molar-refractivity contribution is 0.0876. The van der Waals surface area contributed by atoms with E-state index in [4.69, 9.17) is 4.74 Å². The molecule has 0 bridgehead atoms. The third-order valence-electron chi connectivity index (χ3n) is 7.58. The second-order valence-electron chi connectivity index (χ2n) is 12.0. The van der Waals surface area contributed by atoms with Crippen LogP contribution in [0.2, 0.25) is 0 Å². The predicted octanol–water partition coefficient (Wildman–Crippen LogP) is 4.99. The minimum atomic E-state index is -4.17. The molecule has 50 heavy (non-hydrogen) atoms. The van der Waals surface area contributed by atoms with Gasteiger partial charge in [0.15, 0.2) is 5.13 Å². The van der Waals surface area contributed by atoms with Gasteiger partial charge in [-0.1, -0.05) is 55.5 Å². The van der Waals surface area contributed by atoms with Gasteiger partial charge in [-0.05, 0) is 48.2 Å². The van der Waals surface area contributed by atoms with Crippen molar-refractivity contribution < 1.29 is 38.1 Å². The number of aliphatic hydroxyl groups is 1. The van der Waals surface area contributed by atoms with Crippen molar-refractivity contribution in [3.05, 3.63) is 94.4 Å². The average Bonchev–Trinajstić information content (AvgIpc) is 3.76. The maximum Gasteiger partial charge on any atom is 0.407 e. The molecule has 16 heteroatoms. The van der Waals surface area contributed by atoms with E-state index in [1.165, 1.54) is 51.9 Å². The second-order valence-corrected chi connectivity index (χ2v) is 15.9. The number of fused-ring (bicyclic) bond motifs is 1. The highest BCUT2D eigenvalue weighted by Gasteiger charge is 2.32. The zero-order chi connectivity index (χ0) is 36.0. The Kier molecular flexibility index (Phi) is 11.7. The molecule has 0 spiro atoms. The average molecular weight is 740 g/mol. The molecule has 0 aliphatic carbocycles. The van der Waals surface area contributed by atoms with Gasteiger partial charge in [-0.15, -0.1) is 11.3 Å². The van der Waals surface area contributed by atoms with Crippen molar-refractivity contribution in [3.8, 4) is 11.5 Å². The number of carbonyl (C=O) groups is 2. The van der Waals surface area contributed by atoms with Gasteiger partial charge < -0.3 is 25.4 Å². The number of hydrogen-bond donors (Lipinski definition) is 4. The number of anilines is 1. The van der Waals surface area contributed by atoms with E-state index in [1.54, 1.807) is 17.8 Å². The number of phenolic OH excluding ortho intramolecular Hbond substituents is 2. The van der Waals surface area contributed by atoms with E-state index in [1.807, 2.05) is 44.2 Å². The van der Waals surface area contributed by atoms with Gasteiger partial charge in [0.1, 0.15) is 18.1 Å². The number of rotatable bonds is 14. The van der Waals surface area contributed by atoms with E-state index < -0.39 is 34.2 Å². The molecule has 0 saturated carbocycles. The molecule has 2 amide bonds. The lowest BCUT2D eigenvalue weighted by atomic mass is 10.0. The van der Waals surface area contributed by atoms with Crippen molar-refractivity contribution in [2.45, 2.75) is 43.9 Å². The fourth-order valence-corrected chi connectivity index (χ4v) is 8.35. The number of aromatic nitrogens is 2. The summed E-state index contributed by atoms with van der Waals surface area (Å²) in [5, 5.41) is 34.1. The number of benzene rings is 3. The fourth-order valence-electron chi connectivity index (χ4n) is 5.15. The minimum absolute atomic E-state index is 0.00363. The largest absolute Gasteiger partial charge is 0.508 e.